The number of aryl methyl sites for hydroxylation is 1. The monoisotopic (exact) mass is 375 g/mol. The number of nitrogens with one attached hydrogen (secondary N) is 1. The highest BCUT2D eigenvalue weighted by molar-refractivity contribution is 7.09. The van der Waals surface area contributed by atoms with Crippen molar-refractivity contribution in [3.63, 3.8) is 0 Å². The zero-order valence-electron chi connectivity index (χ0n) is 14.6. The van der Waals surface area contributed by atoms with E-state index in [2.05, 4.69) is 10.3 Å². The van der Waals surface area contributed by atoms with E-state index in [9.17, 15) is 9.59 Å². The second-order valence-electron chi connectivity index (χ2n) is 5.89. The fourth-order valence-corrected chi connectivity index (χ4v) is 3.16. The smallest absolute Gasteiger partial charge is 0.260 e. The van der Waals surface area contributed by atoms with E-state index in [-0.39, 0.29) is 24.8 Å². The van der Waals surface area contributed by atoms with Gasteiger partial charge in [-0.05, 0) is 31.2 Å². The summed E-state index contributed by atoms with van der Waals surface area (Å²) in [5, 5.41) is 5.66. The van der Waals surface area contributed by atoms with Crippen LogP contribution >= 0.6 is 11.3 Å². The largest absolute Gasteiger partial charge is 0.484 e. The molecule has 7 nitrogen and oxygen atoms in total. The number of carbonyl (C=O) groups is 2. The zero-order chi connectivity index (χ0) is 18.4. The van der Waals surface area contributed by atoms with Gasteiger partial charge < -0.3 is 19.7 Å². The van der Waals surface area contributed by atoms with Gasteiger partial charge in [0.25, 0.3) is 5.91 Å². The van der Waals surface area contributed by atoms with Crippen molar-refractivity contribution in [3.05, 3.63) is 40.3 Å². The Labute approximate surface area is 155 Å². The minimum absolute atomic E-state index is 0.00508. The Morgan fingerprint density at radius 2 is 2.00 bits per heavy atom. The molecule has 1 fully saturated rings. The fraction of sp³-hybridized carbons (Fsp3) is 0.389. The molecule has 138 valence electrons. The van der Waals surface area contributed by atoms with Crippen LogP contribution < -0.4 is 10.1 Å². The van der Waals surface area contributed by atoms with Gasteiger partial charge in [-0.25, -0.2) is 4.98 Å². The third-order valence-corrected chi connectivity index (χ3v) is 4.69. The Kier molecular flexibility index (Phi) is 6.19. The van der Waals surface area contributed by atoms with Crippen LogP contribution in [0.3, 0.4) is 0 Å². The summed E-state index contributed by atoms with van der Waals surface area (Å²) < 4.78 is 10.7. The molecule has 2 amide bonds. The van der Waals surface area contributed by atoms with Crippen LogP contribution in [0.4, 0.5) is 5.69 Å². The first-order valence-corrected chi connectivity index (χ1v) is 9.27. The molecule has 0 unspecified atom stereocenters. The van der Waals surface area contributed by atoms with Crippen molar-refractivity contribution in [3.8, 4) is 5.75 Å². The molecule has 1 N–H and O–H groups in total. The van der Waals surface area contributed by atoms with Gasteiger partial charge in [0.1, 0.15) is 5.75 Å². The number of aromatic nitrogens is 1. The van der Waals surface area contributed by atoms with Crippen LogP contribution in [0, 0.1) is 6.92 Å². The summed E-state index contributed by atoms with van der Waals surface area (Å²) >= 11 is 1.53. The number of rotatable bonds is 6. The van der Waals surface area contributed by atoms with Crippen molar-refractivity contribution < 1.29 is 19.1 Å². The van der Waals surface area contributed by atoms with E-state index in [4.69, 9.17) is 9.47 Å². The first-order valence-electron chi connectivity index (χ1n) is 8.39. The van der Waals surface area contributed by atoms with Crippen LogP contribution in [0.25, 0.3) is 0 Å². The fourth-order valence-electron chi connectivity index (χ4n) is 2.54. The summed E-state index contributed by atoms with van der Waals surface area (Å²) in [7, 11) is 0. The SMILES string of the molecule is Cc1nc(CC(=O)Nc2ccc(OCC(=O)N3CCOCC3)cc2)cs1. The van der Waals surface area contributed by atoms with Crippen molar-refractivity contribution >= 4 is 28.8 Å². The minimum Gasteiger partial charge on any atom is -0.484 e. The van der Waals surface area contributed by atoms with Gasteiger partial charge in [-0.3, -0.25) is 9.59 Å². The molecular formula is C18H21N3O4S. The van der Waals surface area contributed by atoms with Crippen LogP contribution in [-0.4, -0.2) is 54.6 Å². The van der Waals surface area contributed by atoms with Crippen molar-refractivity contribution in [1.82, 2.24) is 9.88 Å². The second kappa shape index (κ2) is 8.77. The molecule has 3 rings (SSSR count). The molecule has 2 aromatic rings. The minimum atomic E-state index is -0.119. The number of morpholine rings is 1. The number of amides is 2. The lowest BCUT2D eigenvalue weighted by molar-refractivity contribution is -0.137. The van der Waals surface area contributed by atoms with Crippen molar-refractivity contribution in [1.29, 1.82) is 0 Å². The van der Waals surface area contributed by atoms with Gasteiger partial charge in [0.05, 0.1) is 30.3 Å². The average Bonchev–Trinajstić information content (AvgIpc) is 3.06. The normalized spacial score (nSPS) is 14.1. The van der Waals surface area contributed by atoms with Crippen LogP contribution in [-0.2, 0) is 20.7 Å². The highest BCUT2D eigenvalue weighted by atomic mass is 32.1. The molecule has 0 saturated carbocycles. The predicted octanol–water partition coefficient (Wildman–Crippen LogP) is 1.87. The van der Waals surface area contributed by atoms with Gasteiger partial charge in [-0.2, -0.15) is 0 Å². The summed E-state index contributed by atoms with van der Waals surface area (Å²) in [6, 6.07) is 6.96. The molecule has 2 heterocycles. The molecule has 1 aliphatic rings. The molecule has 1 saturated heterocycles. The number of carbonyl (C=O) groups excluding carboxylic acids is 2. The highest BCUT2D eigenvalue weighted by Crippen LogP contribution is 2.16. The Balaban J connectivity index is 1.45. The topological polar surface area (TPSA) is 80.8 Å². The molecule has 1 aromatic carbocycles. The van der Waals surface area contributed by atoms with E-state index in [1.165, 1.54) is 11.3 Å². The van der Waals surface area contributed by atoms with Gasteiger partial charge in [-0.1, -0.05) is 0 Å². The van der Waals surface area contributed by atoms with Crippen LogP contribution in [0.15, 0.2) is 29.6 Å². The number of anilines is 1. The molecule has 0 aliphatic carbocycles. The molecule has 0 radical (unpaired) electrons. The Bertz CT molecular complexity index is 754. The van der Waals surface area contributed by atoms with E-state index < -0.39 is 0 Å². The first kappa shape index (κ1) is 18.3. The lowest BCUT2D eigenvalue weighted by Crippen LogP contribution is -2.42. The quantitative estimate of drug-likeness (QED) is 0.834. The number of nitrogens with zero attached hydrogens (tertiary/aromatic N) is 2. The lowest BCUT2D eigenvalue weighted by atomic mass is 10.2. The summed E-state index contributed by atoms with van der Waals surface area (Å²) in [5.74, 6) is 0.412. The molecule has 8 heteroatoms. The van der Waals surface area contributed by atoms with Crippen molar-refractivity contribution in [2.24, 2.45) is 0 Å². The summed E-state index contributed by atoms with van der Waals surface area (Å²) in [6.45, 7) is 4.25. The average molecular weight is 375 g/mol. The van der Waals surface area contributed by atoms with Gasteiger partial charge in [0.15, 0.2) is 6.61 Å². The van der Waals surface area contributed by atoms with Crippen LogP contribution in [0.2, 0.25) is 0 Å². The molecule has 1 aromatic heterocycles. The maximum absolute atomic E-state index is 12.0. The predicted molar refractivity (Wildman–Crippen MR) is 98.5 cm³/mol. The molecule has 0 spiro atoms. The molecule has 0 bridgehead atoms. The van der Waals surface area contributed by atoms with Crippen molar-refractivity contribution in [2.75, 3.05) is 38.2 Å². The van der Waals surface area contributed by atoms with E-state index >= 15 is 0 Å². The maximum atomic E-state index is 12.0. The number of hydrogen-bond donors (Lipinski definition) is 1. The zero-order valence-corrected chi connectivity index (χ0v) is 15.4. The second-order valence-corrected chi connectivity index (χ2v) is 6.95. The third-order valence-electron chi connectivity index (χ3n) is 3.87. The van der Waals surface area contributed by atoms with Gasteiger partial charge in [0.2, 0.25) is 5.91 Å². The summed E-state index contributed by atoms with van der Waals surface area (Å²) in [6.07, 6.45) is 0.247. The van der Waals surface area contributed by atoms with Gasteiger partial charge >= 0.3 is 0 Å². The number of hydrogen-bond acceptors (Lipinski definition) is 6. The van der Waals surface area contributed by atoms with Gasteiger partial charge in [0, 0.05) is 24.2 Å². The first-order chi connectivity index (χ1) is 12.6. The molecular weight excluding hydrogens is 354 g/mol. The van der Waals surface area contributed by atoms with E-state index in [0.29, 0.717) is 37.7 Å². The van der Waals surface area contributed by atoms with Crippen LogP contribution in [0.1, 0.15) is 10.7 Å². The number of benzene rings is 1. The summed E-state index contributed by atoms with van der Waals surface area (Å²) in [5.41, 5.74) is 1.44. The molecule has 26 heavy (non-hydrogen) atoms. The summed E-state index contributed by atoms with van der Waals surface area (Å²) in [4.78, 5) is 30.1. The maximum Gasteiger partial charge on any atom is 0.260 e. The molecule has 0 atom stereocenters. The highest BCUT2D eigenvalue weighted by Gasteiger charge is 2.17. The molecule has 1 aliphatic heterocycles. The van der Waals surface area contributed by atoms with Crippen molar-refractivity contribution in [2.45, 2.75) is 13.3 Å². The number of ether oxygens (including phenoxy) is 2. The Morgan fingerprint density at radius 3 is 2.65 bits per heavy atom. The Morgan fingerprint density at radius 1 is 1.27 bits per heavy atom. The van der Waals surface area contributed by atoms with E-state index in [1.807, 2.05) is 12.3 Å². The van der Waals surface area contributed by atoms with Crippen LogP contribution in [0.5, 0.6) is 5.75 Å². The van der Waals surface area contributed by atoms with E-state index in [0.717, 1.165) is 10.7 Å². The Hall–Kier alpha value is -2.45. The standard InChI is InChI=1S/C18H21N3O4S/c1-13-19-15(12-26-13)10-17(22)20-14-2-4-16(5-3-14)25-11-18(23)21-6-8-24-9-7-21/h2-5,12H,6-11H2,1H3,(H,20,22). The lowest BCUT2D eigenvalue weighted by Gasteiger charge is -2.26. The van der Waals surface area contributed by atoms with E-state index in [1.54, 1.807) is 29.2 Å². The number of thiazole rings is 1. The third kappa shape index (κ3) is 5.27. The van der Waals surface area contributed by atoms with Gasteiger partial charge in [-0.15, -0.1) is 11.3 Å².